The van der Waals surface area contributed by atoms with Gasteiger partial charge in [-0.25, -0.2) is 0 Å². The van der Waals surface area contributed by atoms with E-state index in [0.717, 1.165) is 0 Å². The fourth-order valence-electron chi connectivity index (χ4n) is 4.87. The summed E-state index contributed by atoms with van der Waals surface area (Å²) in [5, 5.41) is 9.29. The van der Waals surface area contributed by atoms with Crippen LogP contribution in [0.1, 0.15) is 0 Å². The smallest absolute Gasteiger partial charge is 0.683 e. The van der Waals surface area contributed by atoms with Gasteiger partial charge in [-0.1, -0.05) is 187 Å². The molecule has 49 heavy (non-hydrogen) atoms. The molecule has 246 valence electrons. The monoisotopic (exact) mass is 804 g/mol. The Morgan fingerprint density at radius 1 is 0.408 bits per heavy atom. The van der Waals surface area contributed by atoms with Crippen molar-refractivity contribution < 1.29 is 25.2 Å². The maximum Gasteiger partial charge on any atom is 2.00 e. The molecule has 0 fully saturated rings. The van der Waals surface area contributed by atoms with Crippen LogP contribution in [0.5, 0.6) is 5.75 Å². The van der Waals surface area contributed by atoms with Crippen molar-refractivity contribution in [2.75, 3.05) is 0 Å². The number of halogens is 2. The Kier molecular flexibility index (Phi) is 16.3. The van der Waals surface area contributed by atoms with Gasteiger partial charge in [-0.15, -0.1) is 23.7 Å². The van der Waals surface area contributed by atoms with Crippen LogP contribution in [0, 0.1) is 13.2 Å². The summed E-state index contributed by atoms with van der Waals surface area (Å²) in [7, 11) is 2.30. The molecular weight excluding hydrogens is 772 g/mol. The fraction of sp³-hybridized carbons (Fsp3) is 0. The largest absolute Gasteiger partial charge is 2.00 e. The molecule has 0 radical (unpaired) electrons. The molecule has 7 rings (SSSR count). The van der Waals surface area contributed by atoms with E-state index in [0.29, 0.717) is 15.8 Å². The van der Waals surface area contributed by atoms with Crippen molar-refractivity contribution in [3.63, 3.8) is 0 Å². The van der Waals surface area contributed by atoms with E-state index in [9.17, 15) is 0 Å². The van der Waals surface area contributed by atoms with Gasteiger partial charge in [0, 0.05) is 0 Å². The van der Waals surface area contributed by atoms with E-state index >= 15 is 0 Å². The Morgan fingerprint density at radius 2 is 0.653 bits per heavy atom. The predicted molar refractivity (Wildman–Crippen MR) is 212 cm³/mol. The summed E-state index contributed by atoms with van der Waals surface area (Å²) in [5.41, 5.74) is 0. The molecule has 7 aromatic rings. The van der Waals surface area contributed by atoms with Crippen LogP contribution in [0.25, 0.3) is 0 Å². The van der Waals surface area contributed by atoms with Crippen molar-refractivity contribution in [2.45, 2.75) is 0 Å². The quantitative estimate of drug-likeness (QED) is 0.0886. The second kappa shape index (κ2) is 20.8. The minimum absolute atomic E-state index is 0. The van der Waals surface area contributed by atoms with Gasteiger partial charge in [0.25, 0.3) is 0 Å². The molecule has 0 saturated heterocycles. The molecule has 0 heterocycles. The standard InChI is InChI=1S/2C18H15P.C7H4Cl2O.Pd/c2*1-4-10-16(11-5-1)19(17-12-6-2-7-13-17)18-14-8-3-9-15-18;1-10-5-2-3-6(8)7(9)4-5;/h2*1-15H;3-4H,1H2;/q;;-2;+2. The molecule has 0 amide bonds. The average Bonchev–Trinajstić information content (AvgIpc) is 3.16. The van der Waals surface area contributed by atoms with Crippen LogP contribution in [-0.2, 0) is 20.4 Å². The molecule has 0 aromatic heterocycles. The van der Waals surface area contributed by atoms with Crippen molar-refractivity contribution in [2.24, 2.45) is 0 Å². The Bertz CT molecular complexity index is 1610. The van der Waals surface area contributed by atoms with Gasteiger partial charge in [0.15, 0.2) is 0 Å². The third-order valence-electron chi connectivity index (χ3n) is 7.07. The first-order valence-corrected chi connectivity index (χ1v) is 18.8. The molecule has 1 nitrogen and oxygen atoms in total. The van der Waals surface area contributed by atoms with Crippen LogP contribution in [0.3, 0.4) is 0 Å². The summed E-state index contributed by atoms with van der Waals surface area (Å²) in [6, 6.07) is 70.5. The van der Waals surface area contributed by atoms with Crippen molar-refractivity contribution in [3.05, 3.63) is 217 Å². The zero-order chi connectivity index (χ0) is 33.4. The summed E-state index contributed by atoms with van der Waals surface area (Å²) >= 11 is 11.2. The second-order valence-electron chi connectivity index (χ2n) is 10.3. The minimum Gasteiger partial charge on any atom is -0.683 e. The molecule has 0 saturated carbocycles. The molecule has 0 aliphatic carbocycles. The maximum absolute atomic E-state index is 5.63. The molecule has 0 aliphatic rings. The minimum atomic E-state index is -0.446. The first-order valence-electron chi connectivity index (χ1n) is 15.3. The topological polar surface area (TPSA) is 9.23 Å². The number of rotatable bonds is 7. The van der Waals surface area contributed by atoms with E-state index in [1.807, 2.05) is 0 Å². The van der Waals surface area contributed by atoms with E-state index in [4.69, 9.17) is 23.2 Å². The number of ether oxygens (including phenoxy) is 1. The van der Waals surface area contributed by atoms with Crippen LogP contribution in [0.2, 0.25) is 10.0 Å². The van der Waals surface area contributed by atoms with Crippen LogP contribution in [0.15, 0.2) is 194 Å². The van der Waals surface area contributed by atoms with Crippen LogP contribution in [0.4, 0.5) is 0 Å². The van der Waals surface area contributed by atoms with E-state index in [2.05, 4.69) is 200 Å². The average molecular weight is 806 g/mol. The Morgan fingerprint density at radius 3 is 0.857 bits per heavy atom. The molecule has 6 heteroatoms. The first kappa shape index (κ1) is 38.2. The molecule has 0 aliphatic heterocycles. The summed E-state index contributed by atoms with van der Waals surface area (Å²) in [6.45, 7) is 0. The molecule has 0 atom stereocenters. The maximum atomic E-state index is 5.63. The summed E-state index contributed by atoms with van der Waals surface area (Å²) in [5.74, 6) is 0.481. The Labute approximate surface area is 317 Å². The molecule has 0 unspecified atom stereocenters. The van der Waals surface area contributed by atoms with E-state index in [-0.39, 0.29) is 20.4 Å². The SMILES string of the molecule is [CH2-]Oc1[c-]cc(Cl)c(Cl)c1.[Pd+2].c1ccc(P(c2ccccc2)c2ccccc2)cc1.c1ccc(P(c2ccccc2)c2ccccc2)cc1. The fourth-order valence-corrected chi connectivity index (χ4v) is 9.74. The summed E-state index contributed by atoms with van der Waals surface area (Å²) in [6.07, 6.45) is 0. The van der Waals surface area contributed by atoms with Gasteiger partial charge >= 0.3 is 20.4 Å². The van der Waals surface area contributed by atoms with E-state index in [1.165, 1.54) is 37.9 Å². The van der Waals surface area contributed by atoms with Crippen LogP contribution in [-0.4, -0.2) is 0 Å². The normalized spacial score (nSPS) is 10.1. The van der Waals surface area contributed by atoms with Gasteiger partial charge in [-0.05, 0) is 58.4 Å². The molecular formula is C43H34Cl2OP2Pd. The molecule has 0 N–H and O–H groups in total. The van der Waals surface area contributed by atoms with Crippen molar-refractivity contribution in [3.8, 4) is 5.75 Å². The van der Waals surface area contributed by atoms with Gasteiger partial charge in [-0.3, -0.25) is 0 Å². The molecule has 0 bridgehead atoms. The zero-order valence-corrected chi connectivity index (χ0v) is 31.4. The van der Waals surface area contributed by atoms with Crippen LogP contribution >= 0.6 is 39.0 Å². The van der Waals surface area contributed by atoms with Crippen molar-refractivity contribution in [1.29, 1.82) is 0 Å². The van der Waals surface area contributed by atoms with Gasteiger partial charge in [0.1, 0.15) is 0 Å². The van der Waals surface area contributed by atoms with Gasteiger partial charge in [0.05, 0.1) is 0 Å². The first-order chi connectivity index (χ1) is 23.6. The third kappa shape index (κ3) is 11.5. The summed E-state index contributed by atoms with van der Waals surface area (Å²) < 4.78 is 4.60. The van der Waals surface area contributed by atoms with Gasteiger partial charge in [0.2, 0.25) is 0 Å². The Hall–Kier alpha value is -3.56. The van der Waals surface area contributed by atoms with Crippen molar-refractivity contribution >= 4 is 70.9 Å². The van der Waals surface area contributed by atoms with Gasteiger partial charge < -0.3 is 4.74 Å². The third-order valence-corrected chi connectivity index (χ3v) is 12.7. The molecule has 0 spiro atoms. The van der Waals surface area contributed by atoms with Crippen molar-refractivity contribution in [1.82, 2.24) is 0 Å². The Balaban J connectivity index is 0.000000172. The summed E-state index contributed by atoms with van der Waals surface area (Å²) in [4.78, 5) is 0. The predicted octanol–water partition coefficient (Wildman–Crippen LogP) is 9.85. The second-order valence-corrected chi connectivity index (χ2v) is 15.6. The van der Waals surface area contributed by atoms with E-state index < -0.39 is 15.8 Å². The van der Waals surface area contributed by atoms with Gasteiger partial charge in [-0.2, -0.15) is 24.8 Å². The number of hydrogen-bond acceptors (Lipinski definition) is 1. The van der Waals surface area contributed by atoms with Crippen LogP contribution < -0.4 is 36.6 Å². The van der Waals surface area contributed by atoms with E-state index in [1.54, 1.807) is 6.07 Å². The zero-order valence-electron chi connectivity index (χ0n) is 26.6. The number of benzene rings is 7. The molecule has 7 aromatic carbocycles. The number of hydrogen-bond donors (Lipinski definition) is 0.